The maximum absolute atomic E-state index is 12.5. The fraction of sp³-hybridized carbons (Fsp3) is 0.280. The molecule has 1 aliphatic carbocycles. The van der Waals surface area contributed by atoms with Crippen molar-refractivity contribution < 1.29 is 29.0 Å². The van der Waals surface area contributed by atoms with Crippen LogP contribution in [0.15, 0.2) is 53.9 Å². The fourth-order valence-electron chi connectivity index (χ4n) is 4.46. The molecule has 1 saturated heterocycles. The van der Waals surface area contributed by atoms with Gasteiger partial charge in [0.05, 0.1) is 25.3 Å². The third-order valence-electron chi connectivity index (χ3n) is 6.13. The summed E-state index contributed by atoms with van der Waals surface area (Å²) in [5, 5.41) is 13.7. The number of nitrogens with zero attached hydrogens (tertiary/aromatic N) is 2. The number of carboxylic acids is 1. The molecular weight excluding hydrogens is 470 g/mol. The molecule has 0 radical (unpaired) electrons. The maximum Gasteiger partial charge on any atom is 0.413 e. The SMILES string of the molecule is O=C(Nc1nc(CC(=O)N2CCOC(C(=O)O)C2)cs1)OCC1c2ccccc2-c2ccccc21. The molecule has 3 aromatic rings. The van der Waals surface area contributed by atoms with Crippen LogP contribution in [0.4, 0.5) is 9.93 Å². The quantitative estimate of drug-likeness (QED) is 0.541. The van der Waals surface area contributed by atoms with Crippen molar-refractivity contribution in [2.75, 3.05) is 31.6 Å². The van der Waals surface area contributed by atoms with Crippen LogP contribution in [0, 0.1) is 0 Å². The van der Waals surface area contributed by atoms with Crippen molar-refractivity contribution in [2.45, 2.75) is 18.4 Å². The molecule has 0 saturated carbocycles. The van der Waals surface area contributed by atoms with E-state index in [1.807, 2.05) is 24.3 Å². The minimum absolute atomic E-state index is 0.00314. The number of carbonyl (C=O) groups excluding carboxylic acids is 2. The number of hydrogen-bond donors (Lipinski definition) is 2. The number of thiazole rings is 1. The zero-order chi connectivity index (χ0) is 24.4. The summed E-state index contributed by atoms with van der Waals surface area (Å²) in [5.41, 5.74) is 5.06. The number of fused-ring (bicyclic) bond motifs is 3. The average molecular weight is 494 g/mol. The second-order valence-corrected chi connectivity index (χ2v) is 9.17. The first-order chi connectivity index (χ1) is 17.0. The number of anilines is 1. The van der Waals surface area contributed by atoms with Crippen molar-refractivity contribution in [3.8, 4) is 11.1 Å². The van der Waals surface area contributed by atoms with Crippen molar-refractivity contribution in [1.82, 2.24) is 9.88 Å². The Morgan fingerprint density at radius 3 is 2.49 bits per heavy atom. The average Bonchev–Trinajstić information content (AvgIpc) is 3.44. The lowest BCUT2D eigenvalue weighted by atomic mass is 9.98. The highest BCUT2D eigenvalue weighted by molar-refractivity contribution is 7.13. The van der Waals surface area contributed by atoms with Crippen molar-refractivity contribution in [3.05, 3.63) is 70.7 Å². The van der Waals surface area contributed by atoms with Crippen molar-refractivity contribution >= 4 is 34.4 Å². The number of aromatic nitrogens is 1. The third-order valence-corrected chi connectivity index (χ3v) is 6.94. The van der Waals surface area contributed by atoms with E-state index in [1.54, 1.807) is 5.38 Å². The molecule has 180 valence electrons. The Labute approximate surface area is 205 Å². The molecule has 1 aliphatic heterocycles. The Hall–Kier alpha value is -3.76. The fourth-order valence-corrected chi connectivity index (χ4v) is 5.16. The molecule has 1 fully saturated rings. The number of amides is 2. The Kier molecular flexibility index (Phi) is 6.47. The minimum atomic E-state index is -1.09. The van der Waals surface area contributed by atoms with Crippen LogP contribution in [0.2, 0.25) is 0 Å². The Morgan fingerprint density at radius 2 is 1.80 bits per heavy atom. The predicted octanol–water partition coefficient (Wildman–Crippen LogP) is 3.36. The van der Waals surface area contributed by atoms with Gasteiger partial charge < -0.3 is 19.5 Å². The lowest BCUT2D eigenvalue weighted by Gasteiger charge is -2.30. The van der Waals surface area contributed by atoms with Crippen LogP contribution in [0.1, 0.15) is 22.7 Å². The van der Waals surface area contributed by atoms with Gasteiger partial charge in [-0.15, -0.1) is 11.3 Å². The van der Waals surface area contributed by atoms with Gasteiger partial charge in [0.15, 0.2) is 11.2 Å². The van der Waals surface area contributed by atoms with Gasteiger partial charge in [-0.1, -0.05) is 48.5 Å². The molecule has 2 heterocycles. The van der Waals surface area contributed by atoms with Gasteiger partial charge in [-0.25, -0.2) is 14.6 Å². The van der Waals surface area contributed by atoms with E-state index in [-0.39, 0.29) is 38.0 Å². The molecule has 2 aliphatic rings. The number of rotatable bonds is 6. The Morgan fingerprint density at radius 1 is 1.11 bits per heavy atom. The van der Waals surface area contributed by atoms with Crippen molar-refractivity contribution in [1.29, 1.82) is 0 Å². The first-order valence-electron chi connectivity index (χ1n) is 11.2. The number of carbonyl (C=O) groups is 3. The van der Waals surface area contributed by atoms with E-state index in [4.69, 9.17) is 14.6 Å². The lowest BCUT2D eigenvalue weighted by molar-refractivity contribution is -0.159. The van der Waals surface area contributed by atoms with E-state index in [0.29, 0.717) is 17.4 Å². The second-order valence-electron chi connectivity index (χ2n) is 8.31. The van der Waals surface area contributed by atoms with Gasteiger partial charge in [0.25, 0.3) is 0 Å². The molecule has 9 nitrogen and oxygen atoms in total. The Balaban J connectivity index is 1.16. The summed E-state index contributed by atoms with van der Waals surface area (Å²) in [7, 11) is 0. The smallest absolute Gasteiger partial charge is 0.413 e. The predicted molar refractivity (Wildman–Crippen MR) is 128 cm³/mol. The monoisotopic (exact) mass is 493 g/mol. The molecule has 2 amide bonds. The first-order valence-corrected chi connectivity index (χ1v) is 12.1. The zero-order valence-corrected chi connectivity index (χ0v) is 19.5. The summed E-state index contributed by atoms with van der Waals surface area (Å²) in [4.78, 5) is 41.9. The molecule has 35 heavy (non-hydrogen) atoms. The van der Waals surface area contributed by atoms with E-state index < -0.39 is 18.2 Å². The number of benzene rings is 2. The summed E-state index contributed by atoms with van der Waals surface area (Å²) in [6.07, 6.45) is -1.62. The van der Waals surface area contributed by atoms with Crippen LogP contribution >= 0.6 is 11.3 Å². The minimum Gasteiger partial charge on any atom is -0.479 e. The third kappa shape index (κ3) is 4.89. The molecule has 1 unspecified atom stereocenters. The number of hydrogen-bond acceptors (Lipinski definition) is 7. The van der Waals surface area contributed by atoms with E-state index in [9.17, 15) is 14.4 Å². The highest BCUT2D eigenvalue weighted by Gasteiger charge is 2.30. The lowest BCUT2D eigenvalue weighted by Crippen LogP contribution is -2.49. The van der Waals surface area contributed by atoms with Crippen molar-refractivity contribution in [3.63, 3.8) is 0 Å². The van der Waals surface area contributed by atoms with E-state index in [0.717, 1.165) is 22.3 Å². The first kappa shape index (κ1) is 23.0. The summed E-state index contributed by atoms with van der Waals surface area (Å²) >= 11 is 1.19. The summed E-state index contributed by atoms with van der Waals surface area (Å²) in [6, 6.07) is 16.2. The molecule has 1 atom stereocenters. The van der Waals surface area contributed by atoms with E-state index in [2.05, 4.69) is 34.6 Å². The van der Waals surface area contributed by atoms with Crippen LogP contribution in [-0.2, 0) is 25.5 Å². The van der Waals surface area contributed by atoms with Crippen LogP contribution in [0.5, 0.6) is 0 Å². The van der Waals surface area contributed by atoms with Crippen LogP contribution < -0.4 is 5.32 Å². The zero-order valence-electron chi connectivity index (χ0n) is 18.7. The maximum atomic E-state index is 12.5. The number of nitrogens with one attached hydrogen (secondary N) is 1. The molecule has 0 bridgehead atoms. The number of ether oxygens (including phenoxy) is 2. The van der Waals surface area contributed by atoms with Gasteiger partial charge >= 0.3 is 12.1 Å². The van der Waals surface area contributed by atoms with Gasteiger partial charge in [0, 0.05) is 17.8 Å². The van der Waals surface area contributed by atoms with E-state index in [1.165, 1.54) is 16.2 Å². The molecule has 0 spiro atoms. The number of morpholine rings is 1. The van der Waals surface area contributed by atoms with Gasteiger partial charge in [0.2, 0.25) is 5.91 Å². The van der Waals surface area contributed by atoms with Crippen LogP contribution in [-0.4, -0.2) is 65.4 Å². The molecule has 5 rings (SSSR count). The van der Waals surface area contributed by atoms with Crippen molar-refractivity contribution in [2.24, 2.45) is 0 Å². The highest BCUT2D eigenvalue weighted by Crippen LogP contribution is 2.44. The summed E-state index contributed by atoms with van der Waals surface area (Å²) in [6.45, 7) is 0.702. The normalized spacial score (nSPS) is 16.9. The van der Waals surface area contributed by atoms with Crippen LogP contribution in [0.3, 0.4) is 0 Å². The molecule has 1 aromatic heterocycles. The number of carboxylic acid groups (broad SMARTS) is 1. The largest absolute Gasteiger partial charge is 0.479 e. The highest BCUT2D eigenvalue weighted by atomic mass is 32.1. The Bertz CT molecular complexity index is 1230. The topological polar surface area (TPSA) is 118 Å². The second kappa shape index (κ2) is 9.85. The summed E-state index contributed by atoms with van der Waals surface area (Å²) < 4.78 is 10.7. The van der Waals surface area contributed by atoms with Gasteiger partial charge in [-0.3, -0.25) is 10.1 Å². The van der Waals surface area contributed by atoms with Gasteiger partial charge in [0.1, 0.15) is 6.61 Å². The summed E-state index contributed by atoms with van der Waals surface area (Å²) in [5.74, 6) is -1.37. The van der Waals surface area contributed by atoms with E-state index >= 15 is 0 Å². The number of aliphatic carboxylic acids is 1. The molecule has 10 heteroatoms. The molecule has 2 N–H and O–H groups in total. The van der Waals surface area contributed by atoms with Gasteiger partial charge in [-0.05, 0) is 22.3 Å². The van der Waals surface area contributed by atoms with Gasteiger partial charge in [-0.2, -0.15) is 0 Å². The van der Waals surface area contributed by atoms with Crippen LogP contribution in [0.25, 0.3) is 11.1 Å². The standard InChI is InChI=1S/C25H23N3O6S/c29-22(28-9-10-33-21(12-28)23(30)31)11-15-14-35-24(26-15)27-25(32)34-13-20-18-7-3-1-5-16(18)17-6-2-4-8-19(17)20/h1-8,14,20-21H,9-13H2,(H,30,31)(H,26,27,32). The molecular formula is C25H23N3O6S. The molecule has 2 aromatic carbocycles.